The molecule has 0 aliphatic heterocycles. The number of nitrogens with zero attached hydrogens (tertiary/aromatic N) is 2. The van der Waals surface area contributed by atoms with Gasteiger partial charge >= 0.3 is 0 Å². The Kier molecular flexibility index (Phi) is 5.07. The highest BCUT2D eigenvalue weighted by Gasteiger charge is 2.20. The third-order valence-corrected chi connectivity index (χ3v) is 4.46. The zero-order chi connectivity index (χ0) is 13.8. The molecule has 1 heterocycles. The van der Waals surface area contributed by atoms with E-state index in [1.165, 1.54) is 4.90 Å². The summed E-state index contributed by atoms with van der Waals surface area (Å²) in [5.41, 5.74) is 8.66. The summed E-state index contributed by atoms with van der Waals surface area (Å²) in [5, 5.41) is 4.39. The Morgan fingerprint density at radius 3 is 2.84 bits per heavy atom. The van der Waals surface area contributed by atoms with Crippen molar-refractivity contribution in [2.75, 3.05) is 6.26 Å². The molecule has 0 bridgehead atoms. The first-order chi connectivity index (χ1) is 9.19. The van der Waals surface area contributed by atoms with E-state index >= 15 is 0 Å². The zero-order valence-corrected chi connectivity index (χ0v) is 13.5. The smallest absolute Gasteiger partial charge is 0.0745 e. The van der Waals surface area contributed by atoms with Crippen LogP contribution in [0.1, 0.15) is 30.6 Å². The minimum Gasteiger partial charge on any atom is -0.319 e. The van der Waals surface area contributed by atoms with Crippen molar-refractivity contribution in [3.8, 4) is 0 Å². The molecule has 0 spiro atoms. The quantitative estimate of drug-likeness (QED) is 0.842. The fourth-order valence-corrected chi connectivity index (χ4v) is 3.33. The topological polar surface area (TPSA) is 43.8 Å². The molecule has 0 fully saturated rings. The van der Waals surface area contributed by atoms with Gasteiger partial charge in [-0.15, -0.1) is 11.8 Å². The van der Waals surface area contributed by atoms with Gasteiger partial charge in [-0.25, -0.2) is 0 Å². The zero-order valence-electron chi connectivity index (χ0n) is 11.1. The molecular formula is C14H18BrN3S. The van der Waals surface area contributed by atoms with Crippen molar-refractivity contribution in [2.45, 2.75) is 30.8 Å². The summed E-state index contributed by atoms with van der Waals surface area (Å²) in [5.74, 6) is 0. The summed E-state index contributed by atoms with van der Waals surface area (Å²) >= 11 is 5.28. The number of aromatic nitrogens is 2. The Morgan fingerprint density at radius 2 is 2.16 bits per heavy atom. The van der Waals surface area contributed by atoms with Gasteiger partial charge in [-0.2, -0.15) is 5.10 Å². The Balaban J connectivity index is 2.43. The lowest BCUT2D eigenvalue weighted by Crippen LogP contribution is -2.18. The molecule has 0 saturated heterocycles. The minimum absolute atomic E-state index is 0.160. The van der Waals surface area contributed by atoms with Gasteiger partial charge < -0.3 is 5.73 Å². The summed E-state index contributed by atoms with van der Waals surface area (Å²) in [4.78, 5) is 1.21. The van der Waals surface area contributed by atoms with Gasteiger partial charge in [0.05, 0.1) is 22.4 Å². The number of rotatable bonds is 5. The van der Waals surface area contributed by atoms with Crippen molar-refractivity contribution >= 4 is 27.7 Å². The van der Waals surface area contributed by atoms with Crippen molar-refractivity contribution in [2.24, 2.45) is 5.73 Å². The van der Waals surface area contributed by atoms with E-state index in [1.807, 2.05) is 23.0 Å². The molecule has 0 amide bonds. The number of nitrogens with two attached hydrogens (primary N) is 1. The maximum absolute atomic E-state index is 6.46. The fraction of sp³-hybridized carbons (Fsp3) is 0.357. The van der Waals surface area contributed by atoms with Gasteiger partial charge in [0.1, 0.15) is 0 Å². The van der Waals surface area contributed by atoms with Crippen LogP contribution in [0.25, 0.3) is 0 Å². The van der Waals surface area contributed by atoms with E-state index in [-0.39, 0.29) is 6.04 Å². The summed E-state index contributed by atoms with van der Waals surface area (Å²) in [6.07, 6.45) is 4.94. The molecule has 0 saturated carbocycles. The Bertz CT molecular complexity index is 553. The molecule has 0 radical (unpaired) electrons. The highest BCUT2D eigenvalue weighted by Crippen LogP contribution is 2.32. The highest BCUT2D eigenvalue weighted by atomic mass is 79.9. The molecule has 102 valence electrons. The fourth-order valence-electron chi connectivity index (χ4n) is 2.14. The van der Waals surface area contributed by atoms with E-state index in [0.717, 1.165) is 28.7 Å². The van der Waals surface area contributed by atoms with Crippen molar-refractivity contribution < 1.29 is 0 Å². The van der Waals surface area contributed by atoms with Crippen LogP contribution in [0.3, 0.4) is 0 Å². The average Bonchev–Trinajstić information content (AvgIpc) is 2.79. The van der Waals surface area contributed by atoms with Gasteiger partial charge in [0, 0.05) is 11.4 Å². The maximum atomic E-state index is 6.46. The number of hydrogen-bond acceptors (Lipinski definition) is 3. The first-order valence-electron chi connectivity index (χ1n) is 6.28. The van der Waals surface area contributed by atoms with Crippen LogP contribution in [0.5, 0.6) is 0 Å². The van der Waals surface area contributed by atoms with E-state index in [2.05, 4.69) is 46.3 Å². The normalized spacial score (nSPS) is 12.6. The van der Waals surface area contributed by atoms with Crippen molar-refractivity contribution in [3.63, 3.8) is 0 Å². The van der Waals surface area contributed by atoms with Crippen LogP contribution in [-0.4, -0.2) is 16.0 Å². The van der Waals surface area contributed by atoms with Gasteiger partial charge in [0.25, 0.3) is 0 Å². The molecule has 0 aliphatic carbocycles. The van der Waals surface area contributed by atoms with Crippen LogP contribution >= 0.6 is 27.7 Å². The molecule has 2 N–H and O–H groups in total. The van der Waals surface area contributed by atoms with Gasteiger partial charge in [-0.1, -0.05) is 25.1 Å². The molecule has 2 rings (SSSR count). The van der Waals surface area contributed by atoms with Crippen molar-refractivity contribution in [1.29, 1.82) is 0 Å². The predicted octanol–water partition coefficient (Wildman–Crippen LogP) is 3.83. The molecule has 0 aliphatic rings. The Labute approximate surface area is 126 Å². The summed E-state index contributed by atoms with van der Waals surface area (Å²) < 4.78 is 2.97. The van der Waals surface area contributed by atoms with E-state index < -0.39 is 0 Å². The van der Waals surface area contributed by atoms with Crippen LogP contribution in [0.4, 0.5) is 0 Å². The van der Waals surface area contributed by atoms with Gasteiger partial charge in [0.2, 0.25) is 0 Å². The van der Waals surface area contributed by atoms with E-state index in [0.29, 0.717) is 0 Å². The molecule has 1 aromatic heterocycles. The molecule has 3 nitrogen and oxygen atoms in total. The highest BCUT2D eigenvalue weighted by molar-refractivity contribution is 9.10. The average molecular weight is 340 g/mol. The lowest BCUT2D eigenvalue weighted by Gasteiger charge is -2.17. The van der Waals surface area contributed by atoms with E-state index in [4.69, 9.17) is 5.73 Å². The molecule has 1 aromatic carbocycles. The van der Waals surface area contributed by atoms with Crippen LogP contribution in [-0.2, 0) is 6.54 Å². The lowest BCUT2D eigenvalue weighted by molar-refractivity contribution is 0.557. The first-order valence-corrected chi connectivity index (χ1v) is 8.30. The summed E-state index contributed by atoms with van der Waals surface area (Å²) in [6, 6.07) is 8.11. The van der Waals surface area contributed by atoms with Gasteiger partial charge in [-0.05, 0) is 40.2 Å². The van der Waals surface area contributed by atoms with Crippen molar-refractivity contribution in [1.82, 2.24) is 9.78 Å². The molecule has 5 heteroatoms. The van der Waals surface area contributed by atoms with Crippen molar-refractivity contribution in [3.05, 3.63) is 46.2 Å². The molecule has 2 aromatic rings. The largest absolute Gasteiger partial charge is 0.319 e. The Morgan fingerprint density at radius 1 is 1.42 bits per heavy atom. The summed E-state index contributed by atoms with van der Waals surface area (Å²) in [7, 11) is 0. The molecule has 1 unspecified atom stereocenters. The number of thioether (sulfide) groups is 1. The number of aryl methyl sites for hydroxylation is 1. The third kappa shape index (κ3) is 3.04. The minimum atomic E-state index is -0.160. The van der Waals surface area contributed by atoms with Crippen LogP contribution in [0, 0.1) is 0 Å². The Hall–Kier alpha value is -0.780. The van der Waals surface area contributed by atoms with Gasteiger partial charge in [0.15, 0.2) is 0 Å². The maximum Gasteiger partial charge on any atom is 0.0745 e. The van der Waals surface area contributed by atoms with E-state index in [9.17, 15) is 0 Å². The molecule has 19 heavy (non-hydrogen) atoms. The van der Waals surface area contributed by atoms with Crippen LogP contribution < -0.4 is 5.73 Å². The lowest BCUT2D eigenvalue weighted by atomic mass is 10.0. The van der Waals surface area contributed by atoms with E-state index in [1.54, 1.807) is 11.8 Å². The van der Waals surface area contributed by atoms with Crippen LogP contribution in [0.2, 0.25) is 0 Å². The second-order valence-corrected chi connectivity index (χ2v) is 6.02. The van der Waals surface area contributed by atoms with Crippen LogP contribution in [0.15, 0.2) is 39.8 Å². The number of halogens is 1. The SMILES string of the molecule is CCCn1ncc(Br)c1C(N)c1ccccc1SC. The number of hydrogen-bond donors (Lipinski definition) is 1. The first kappa shape index (κ1) is 14.6. The third-order valence-electron chi connectivity index (χ3n) is 3.04. The monoisotopic (exact) mass is 339 g/mol. The predicted molar refractivity (Wildman–Crippen MR) is 84.5 cm³/mol. The second kappa shape index (κ2) is 6.59. The summed E-state index contributed by atoms with van der Waals surface area (Å²) in [6.45, 7) is 3.02. The second-order valence-electron chi connectivity index (χ2n) is 4.32. The number of benzene rings is 1. The van der Waals surface area contributed by atoms with Gasteiger partial charge in [-0.3, -0.25) is 4.68 Å². The standard InChI is InChI=1S/C14H18BrN3S/c1-3-8-18-14(11(15)9-17-18)13(16)10-6-4-5-7-12(10)19-2/h4-7,9,13H,3,8,16H2,1-2H3. The molecule has 1 atom stereocenters. The molecular weight excluding hydrogens is 322 g/mol.